The summed E-state index contributed by atoms with van der Waals surface area (Å²) in [4.78, 5) is 22.3. The quantitative estimate of drug-likeness (QED) is 0.311. The highest BCUT2D eigenvalue weighted by molar-refractivity contribution is 5.94. The Balaban J connectivity index is 1.53. The van der Waals surface area contributed by atoms with Crippen LogP contribution in [0.2, 0.25) is 0 Å². The van der Waals surface area contributed by atoms with Gasteiger partial charge in [0.05, 0.1) is 6.42 Å². The van der Waals surface area contributed by atoms with E-state index < -0.39 is 30.6 Å². The predicted molar refractivity (Wildman–Crippen MR) is 103 cm³/mol. The molecule has 1 atom stereocenters. The van der Waals surface area contributed by atoms with Gasteiger partial charge in [0, 0.05) is 5.56 Å². The van der Waals surface area contributed by atoms with Crippen molar-refractivity contribution in [3.8, 4) is 11.5 Å². The van der Waals surface area contributed by atoms with Gasteiger partial charge in [-0.15, -0.1) is 0 Å². The Hall–Kier alpha value is -3.56. The minimum atomic E-state index is -5.22. The predicted octanol–water partition coefficient (Wildman–Crippen LogP) is 3.27. The first kappa shape index (κ1) is 22.1. The maximum absolute atomic E-state index is 12.2. The minimum Gasteiger partial charge on any atom is -0.490 e. The van der Waals surface area contributed by atoms with Crippen LogP contribution in [0.3, 0.4) is 0 Å². The highest BCUT2D eigenvalue weighted by atomic mass is 19.4. The number of halogens is 3. The van der Waals surface area contributed by atoms with Gasteiger partial charge < -0.3 is 19.9 Å². The largest absolute Gasteiger partial charge is 0.491 e. The number of esters is 2. The van der Waals surface area contributed by atoms with Crippen molar-refractivity contribution >= 4 is 17.8 Å². The lowest BCUT2D eigenvalue weighted by atomic mass is 10.0. The second-order valence-corrected chi connectivity index (χ2v) is 6.91. The second kappa shape index (κ2) is 9.07. The smallest absolute Gasteiger partial charge is 0.490 e. The van der Waals surface area contributed by atoms with Crippen LogP contribution >= 0.6 is 0 Å². The zero-order valence-electron chi connectivity index (χ0n) is 16.2. The number of nitrogens with two attached hydrogens (primary N) is 1. The van der Waals surface area contributed by atoms with E-state index in [1.54, 1.807) is 30.3 Å². The number of fused-ring (bicyclic) bond motifs is 1. The summed E-state index contributed by atoms with van der Waals surface area (Å²) in [7, 11) is 0. The molecule has 10 heteroatoms. The van der Waals surface area contributed by atoms with Crippen LogP contribution in [0.5, 0.6) is 11.5 Å². The average molecular weight is 436 g/mol. The Bertz CT molecular complexity index is 989. The molecule has 0 aromatic heterocycles. The number of hydrogen-bond acceptors (Lipinski definition) is 6. The Labute approximate surface area is 175 Å². The lowest BCUT2D eigenvalue weighted by Crippen LogP contribution is -2.31. The fraction of sp³-hybridized carbons (Fsp3) is 0.286. The molecule has 164 valence electrons. The normalized spacial score (nSPS) is 15.4. The van der Waals surface area contributed by atoms with Crippen molar-refractivity contribution in [3.63, 3.8) is 0 Å². The number of hydrogen-bond donors (Lipinski definition) is 2. The number of ether oxygens (including phenoxy) is 3. The first-order valence-corrected chi connectivity index (χ1v) is 9.29. The molecule has 0 bridgehead atoms. The van der Waals surface area contributed by atoms with Gasteiger partial charge in [-0.25, -0.2) is 4.79 Å². The molecule has 0 amide bonds. The summed E-state index contributed by atoms with van der Waals surface area (Å²) in [6, 6.07) is 12.2. The van der Waals surface area contributed by atoms with Gasteiger partial charge in [0.15, 0.2) is 0 Å². The van der Waals surface area contributed by atoms with E-state index in [-0.39, 0.29) is 5.84 Å². The monoisotopic (exact) mass is 436 g/mol. The van der Waals surface area contributed by atoms with Gasteiger partial charge in [0.25, 0.3) is 0 Å². The summed E-state index contributed by atoms with van der Waals surface area (Å²) in [5, 5.41) is 7.39. The van der Waals surface area contributed by atoms with Crippen LogP contribution in [0.25, 0.3) is 0 Å². The van der Waals surface area contributed by atoms with Crippen molar-refractivity contribution < 1.29 is 37.0 Å². The second-order valence-electron chi connectivity index (χ2n) is 6.91. The Morgan fingerprint density at radius 3 is 2.52 bits per heavy atom. The molecule has 0 saturated carbocycles. The molecule has 2 aromatic carbocycles. The van der Waals surface area contributed by atoms with Gasteiger partial charge in [-0.05, 0) is 42.2 Å². The van der Waals surface area contributed by atoms with E-state index in [0.717, 1.165) is 11.1 Å². The van der Waals surface area contributed by atoms with Crippen molar-refractivity contribution in [2.24, 2.45) is 5.73 Å². The molecule has 1 aliphatic rings. The molecule has 3 rings (SSSR count). The van der Waals surface area contributed by atoms with Crippen molar-refractivity contribution in [1.29, 1.82) is 5.41 Å². The molecule has 0 aliphatic carbocycles. The van der Waals surface area contributed by atoms with E-state index in [2.05, 4.69) is 4.74 Å². The van der Waals surface area contributed by atoms with Gasteiger partial charge in [0.1, 0.15) is 30.0 Å². The average Bonchev–Trinajstić information content (AvgIpc) is 2.71. The standard InChI is InChI=1S/C21H19F3N2O5/c22-21(23,24)20(28)31-18(27)10-16-6-5-14-9-15(7-8-17(14)30-16)29-11-12-1-3-13(4-2-12)19(25)26/h1-4,7-9,16H,5-6,10-11H2,(H3,25,26). The molecule has 1 heterocycles. The lowest BCUT2D eigenvalue weighted by molar-refractivity contribution is -0.202. The number of aryl methyl sites for hydroxylation is 1. The number of rotatable bonds is 6. The number of carbonyl (C=O) groups is 2. The molecule has 7 nitrogen and oxygen atoms in total. The van der Waals surface area contributed by atoms with Crippen LogP contribution in [-0.4, -0.2) is 30.1 Å². The van der Waals surface area contributed by atoms with Crippen molar-refractivity contribution in [1.82, 2.24) is 0 Å². The van der Waals surface area contributed by atoms with E-state index in [9.17, 15) is 22.8 Å². The van der Waals surface area contributed by atoms with Gasteiger partial charge in [-0.3, -0.25) is 10.2 Å². The summed E-state index contributed by atoms with van der Waals surface area (Å²) in [6.45, 7) is 0.305. The van der Waals surface area contributed by atoms with Crippen molar-refractivity contribution in [2.75, 3.05) is 0 Å². The molecule has 0 spiro atoms. The molecule has 0 fully saturated rings. The summed E-state index contributed by atoms with van der Waals surface area (Å²) < 4.78 is 51.7. The molecular weight excluding hydrogens is 417 g/mol. The third-order valence-electron chi connectivity index (χ3n) is 4.56. The summed E-state index contributed by atoms with van der Waals surface area (Å²) in [5.74, 6) is -2.74. The van der Waals surface area contributed by atoms with Crippen LogP contribution in [-0.2, 0) is 27.4 Å². The SMILES string of the molecule is N=C(N)c1ccc(COc2ccc3c(c2)CCC(CC(=O)OC(=O)C(F)(F)F)O3)cc1. The zero-order valence-corrected chi connectivity index (χ0v) is 16.2. The number of nitrogens with one attached hydrogen (secondary N) is 1. The molecule has 0 radical (unpaired) electrons. The van der Waals surface area contributed by atoms with Crippen LogP contribution in [0.1, 0.15) is 29.5 Å². The Morgan fingerprint density at radius 2 is 1.87 bits per heavy atom. The lowest BCUT2D eigenvalue weighted by Gasteiger charge is -2.25. The number of amidine groups is 1. The first-order chi connectivity index (χ1) is 14.6. The van der Waals surface area contributed by atoms with E-state index in [0.29, 0.717) is 36.5 Å². The molecule has 1 unspecified atom stereocenters. The molecule has 2 aromatic rings. The summed E-state index contributed by atoms with van der Waals surface area (Å²) >= 11 is 0. The molecule has 1 aliphatic heterocycles. The van der Waals surface area contributed by atoms with E-state index in [1.165, 1.54) is 0 Å². The van der Waals surface area contributed by atoms with E-state index in [4.69, 9.17) is 20.6 Å². The number of benzene rings is 2. The third-order valence-corrected chi connectivity index (χ3v) is 4.56. The van der Waals surface area contributed by atoms with Crippen molar-refractivity contribution in [3.05, 3.63) is 59.2 Å². The number of alkyl halides is 3. The van der Waals surface area contributed by atoms with E-state index in [1.807, 2.05) is 12.1 Å². The van der Waals surface area contributed by atoms with Gasteiger partial charge in [-0.1, -0.05) is 24.3 Å². The molecule has 31 heavy (non-hydrogen) atoms. The molecule has 0 saturated heterocycles. The van der Waals surface area contributed by atoms with Gasteiger partial charge >= 0.3 is 18.1 Å². The number of carbonyl (C=O) groups excluding carboxylic acids is 2. The number of nitrogen functional groups attached to an aromatic ring is 1. The highest BCUT2D eigenvalue weighted by Crippen LogP contribution is 2.32. The van der Waals surface area contributed by atoms with Gasteiger partial charge in [0.2, 0.25) is 0 Å². The molecule has 3 N–H and O–H groups in total. The fourth-order valence-corrected chi connectivity index (χ4v) is 2.99. The van der Waals surface area contributed by atoms with Crippen LogP contribution < -0.4 is 15.2 Å². The fourth-order valence-electron chi connectivity index (χ4n) is 2.99. The summed E-state index contributed by atoms with van der Waals surface area (Å²) in [5.41, 5.74) is 7.77. The van der Waals surface area contributed by atoms with Crippen LogP contribution in [0, 0.1) is 5.41 Å². The van der Waals surface area contributed by atoms with Gasteiger partial charge in [-0.2, -0.15) is 13.2 Å². The van der Waals surface area contributed by atoms with E-state index >= 15 is 0 Å². The summed E-state index contributed by atoms with van der Waals surface area (Å²) in [6.07, 6.45) is -5.48. The van der Waals surface area contributed by atoms with Crippen LogP contribution in [0.4, 0.5) is 13.2 Å². The topological polar surface area (TPSA) is 112 Å². The highest BCUT2D eigenvalue weighted by Gasteiger charge is 2.42. The Kier molecular flexibility index (Phi) is 6.47. The Morgan fingerprint density at radius 1 is 1.16 bits per heavy atom. The maximum atomic E-state index is 12.2. The first-order valence-electron chi connectivity index (χ1n) is 9.29. The van der Waals surface area contributed by atoms with Crippen LogP contribution in [0.15, 0.2) is 42.5 Å². The maximum Gasteiger partial charge on any atom is 0.491 e. The minimum absolute atomic E-state index is 0.0133. The van der Waals surface area contributed by atoms with Crippen molar-refractivity contribution in [2.45, 2.75) is 38.1 Å². The zero-order chi connectivity index (χ0) is 22.6. The third kappa shape index (κ3) is 5.97. The molecular formula is C21H19F3N2O5.